The molecular weight excluding hydrogens is 206 g/mol. The van der Waals surface area contributed by atoms with Crippen LogP contribution in [0.25, 0.3) is 0 Å². The number of rotatable bonds is 3. The van der Waals surface area contributed by atoms with E-state index >= 15 is 0 Å². The fraction of sp³-hybridized carbons (Fsp3) is 0.636. The molecule has 2 heterocycles. The van der Waals surface area contributed by atoms with Crippen LogP contribution in [0.4, 0.5) is 0 Å². The summed E-state index contributed by atoms with van der Waals surface area (Å²) < 4.78 is 0. The number of nitrogens with two attached hydrogens (primary N) is 1. The Balaban J connectivity index is 2.25. The molecule has 1 aliphatic heterocycles. The van der Waals surface area contributed by atoms with Gasteiger partial charge in [-0.05, 0) is 37.1 Å². The van der Waals surface area contributed by atoms with Gasteiger partial charge in [-0.15, -0.1) is 0 Å². The number of thioether (sulfide) groups is 1. The van der Waals surface area contributed by atoms with Gasteiger partial charge in [0.05, 0.1) is 0 Å². The fourth-order valence-electron chi connectivity index (χ4n) is 2.27. The molecule has 0 amide bonds. The minimum Gasteiger partial charge on any atom is -0.330 e. The average Bonchev–Trinajstić information content (AvgIpc) is 2.32. The molecule has 1 unspecified atom stereocenters. The van der Waals surface area contributed by atoms with Crippen LogP contribution in [0.2, 0.25) is 0 Å². The van der Waals surface area contributed by atoms with Crippen LogP contribution in [-0.4, -0.2) is 28.0 Å². The molecule has 1 aliphatic rings. The Bertz CT molecular complexity index is 290. The van der Waals surface area contributed by atoms with Crippen molar-refractivity contribution in [2.75, 3.05) is 18.1 Å². The standard InChI is InChI=1S/C11H17N3S/c12-4-3-11(2-1-5-15-8-11)10-6-13-9-14-7-10/h6-7,9H,1-5,8,12H2. The Labute approximate surface area is 94.9 Å². The van der Waals surface area contributed by atoms with E-state index in [2.05, 4.69) is 9.97 Å². The zero-order valence-corrected chi connectivity index (χ0v) is 9.67. The maximum atomic E-state index is 5.73. The molecule has 2 N–H and O–H groups in total. The van der Waals surface area contributed by atoms with Crippen LogP contribution in [0, 0.1) is 0 Å². The van der Waals surface area contributed by atoms with Crippen molar-refractivity contribution in [2.45, 2.75) is 24.7 Å². The minimum atomic E-state index is 0.235. The van der Waals surface area contributed by atoms with E-state index in [-0.39, 0.29) is 5.41 Å². The van der Waals surface area contributed by atoms with Crippen LogP contribution >= 0.6 is 11.8 Å². The highest BCUT2D eigenvalue weighted by molar-refractivity contribution is 7.99. The monoisotopic (exact) mass is 223 g/mol. The van der Waals surface area contributed by atoms with Crippen LogP contribution in [0.3, 0.4) is 0 Å². The summed E-state index contributed by atoms with van der Waals surface area (Å²) in [5.41, 5.74) is 7.23. The van der Waals surface area contributed by atoms with Gasteiger partial charge in [0.25, 0.3) is 0 Å². The summed E-state index contributed by atoms with van der Waals surface area (Å²) in [4.78, 5) is 8.25. The molecule has 0 aliphatic carbocycles. The summed E-state index contributed by atoms with van der Waals surface area (Å²) >= 11 is 2.03. The normalized spacial score (nSPS) is 26.5. The van der Waals surface area contributed by atoms with Gasteiger partial charge in [0.1, 0.15) is 6.33 Å². The van der Waals surface area contributed by atoms with Crippen molar-refractivity contribution in [1.29, 1.82) is 0 Å². The van der Waals surface area contributed by atoms with Crippen LogP contribution in [0.15, 0.2) is 18.7 Å². The van der Waals surface area contributed by atoms with Crippen LogP contribution < -0.4 is 5.73 Å². The Morgan fingerprint density at radius 1 is 1.40 bits per heavy atom. The lowest BCUT2D eigenvalue weighted by Gasteiger charge is -2.36. The molecule has 3 nitrogen and oxygen atoms in total. The van der Waals surface area contributed by atoms with Gasteiger partial charge in [-0.3, -0.25) is 0 Å². The van der Waals surface area contributed by atoms with Gasteiger partial charge in [-0.25, -0.2) is 9.97 Å². The maximum Gasteiger partial charge on any atom is 0.115 e. The molecule has 4 heteroatoms. The Morgan fingerprint density at radius 2 is 2.20 bits per heavy atom. The number of aromatic nitrogens is 2. The quantitative estimate of drug-likeness (QED) is 0.845. The second-order valence-electron chi connectivity index (χ2n) is 4.10. The second-order valence-corrected chi connectivity index (χ2v) is 5.21. The van der Waals surface area contributed by atoms with E-state index < -0.39 is 0 Å². The lowest BCUT2D eigenvalue weighted by atomic mass is 9.76. The second kappa shape index (κ2) is 4.94. The third-order valence-corrected chi connectivity index (χ3v) is 4.45. The Hall–Kier alpha value is -0.610. The highest BCUT2D eigenvalue weighted by Gasteiger charge is 2.33. The fourth-order valence-corrected chi connectivity index (χ4v) is 3.61. The molecule has 82 valence electrons. The smallest absolute Gasteiger partial charge is 0.115 e. The Kier molecular flexibility index (Phi) is 3.59. The zero-order chi connectivity index (χ0) is 10.6. The van der Waals surface area contributed by atoms with Gasteiger partial charge < -0.3 is 5.73 Å². The summed E-state index contributed by atoms with van der Waals surface area (Å²) in [6, 6.07) is 0. The van der Waals surface area contributed by atoms with E-state index in [1.807, 2.05) is 24.2 Å². The lowest BCUT2D eigenvalue weighted by Crippen LogP contribution is -2.35. The molecule has 0 spiro atoms. The molecule has 0 radical (unpaired) electrons. The SMILES string of the molecule is NCCC1(c2cncnc2)CCCSC1. The summed E-state index contributed by atoms with van der Waals surface area (Å²) in [7, 11) is 0. The largest absolute Gasteiger partial charge is 0.330 e. The van der Waals surface area contributed by atoms with E-state index in [0.717, 1.165) is 18.7 Å². The molecule has 1 fully saturated rings. The molecule has 15 heavy (non-hydrogen) atoms. The first-order chi connectivity index (χ1) is 7.37. The topological polar surface area (TPSA) is 51.8 Å². The van der Waals surface area contributed by atoms with Crippen molar-refractivity contribution >= 4 is 11.8 Å². The molecule has 0 bridgehead atoms. The zero-order valence-electron chi connectivity index (χ0n) is 8.85. The predicted molar refractivity (Wildman–Crippen MR) is 63.9 cm³/mol. The van der Waals surface area contributed by atoms with E-state index in [9.17, 15) is 0 Å². The van der Waals surface area contributed by atoms with E-state index in [0.29, 0.717) is 0 Å². The molecule has 1 aromatic heterocycles. The first kappa shape index (κ1) is 10.9. The molecule has 1 aromatic rings. The minimum absolute atomic E-state index is 0.235. The van der Waals surface area contributed by atoms with Crippen molar-refractivity contribution in [3.8, 4) is 0 Å². The van der Waals surface area contributed by atoms with Crippen molar-refractivity contribution in [3.63, 3.8) is 0 Å². The number of hydrogen-bond acceptors (Lipinski definition) is 4. The van der Waals surface area contributed by atoms with Gasteiger partial charge in [-0.1, -0.05) is 0 Å². The van der Waals surface area contributed by atoms with Gasteiger partial charge >= 0.3 is 0 Å². The number of hydrogen-bond donors (Lipinski definition) is 1. The molecule has 0 aromatic carbocycles. The molecular formula is C11H17N3S. The summed E-state index contributed by atoms with van der Waals surface area (Å²) in [6.07, 6.45) is 9.05. The molecule has 0 saturated carbocycles. The first-order valence-corrected chi connectivity index (χ1v) is 6.56. The molecule has 1 saturated heterocycles. The molecule has 1 atom stereocenters. The van der Waals surface area contributed by atoms with Gasteiger partial charge in [0.15, 0.2) is 0 Å². The van der Waals surface area contributed by atoms with Gasteiger partial charge in [-0.2, -0.15) is 11.8 Å². The molecule has 2 rings (SSSR count). The lowest BCUT2D eigenvalue weighted by molar-refractivity contribution is 0.400. The van der Waals surface area contributed by atoms with E-state index in [1.165, 1.54) is 24.2 Å². The Morgan fingerprint density at radius 3 is 2.80 bits per heavy atom. The van der Waals surface area contributed by atoms with Crippen molar-refractivity contribution in [3.05, 3.63) is 24.3 Å². The maximum absolute atomic E-state index is 5.73. The van der Waals surface area contributed by atoms with Crippen molar-refractivity contribution in [2.24, 2.45) is 5.73 Å². The third kappa shape index (κ3) is 2.32. The van der Waals surface area contributed by atoms with E-state index in [1.54, 1.807) is 6.33 Å². The van der Waals surface area contributed by atoms with Crippen LogP contribution in [-0.2, 0) is 5.41 Å². The summed E-state index contributed by atoms with van der Waals surface area (Å²) in [5, 5.41) is 0. The first-order valence-electron chi connectivity index (χ1n) is 5.41. The average molecular weight is 223 g/mol. The predicted octanol–water partition coefficient (Wildman–Crippen LogP) is 1.59. The van der Waals surface area contributed by atoms with Crippen LogP contribution in [0.1, 0.15) is 24.8 Å². The van der Waals surface area contributed by atoms with Crippen molar-refractivity contribution < 1.29 is 0 Å². The van der Waals surface area contributed by atoms with E-state index in [4.69, 9.17) is 5.73 Å². The summed E-state index contributed by atoms with van der Waals surface area (Å²) in [6.45, 7) is 0.745. The highest BCUT2D eigenvalue weighted by atomic mass is 32.2. The van der Waals surface area contributed by atoms with Crippen LogP contribution in [0.5, 0.6) is 0 Å². The number of nitrogens with zero attached hydrogens (tertiary/aromatic N) is 2. The highest BCUT2D eigenvalue weighted by Crippen LogP contribution is 2.39. The van der Waals surface area contributed by atoms with Crippen molar-refractivity contribution in [1.82, 2.24) is 9.97 Å². The summed E-state index contributed by atoms with van der Waals surface area (Å²) in [5.74, 6) is 2.44. The third-order valence-electron chi connectivity index (χ3n) is 3.12. The van der Waals surface area contributed by atoms with Gasteiger partial charge in [0, 0.05) is 23.6 Å². The van der Waals surface area contributed by atoms with Gasteiger partial charge in [0.2, 0.25) is 0 Å².